The summed E-state index contributed by atoms with van der Waals surface area (Å²) in [5, 5.41) is 17.0. The van der Waals surface area contributed by atoms with E-state index < -0.39 is 5.97 Å². The fraction of sp³-hybridized carbons (Fsp3) is 0.364. The number of carbonyl (C=O) groups is 1. The summed E-state index contributed by atoms with van der Waals surface area (Å²) in [5.74, 6) is -1.02. The summed E-state index contributed by atoms with van der Waals surface area (Å²) in [6.45, 7) is 4.58. The molecule has 0 amide bonds. The summed E-state index contributed by atoms with van der Waals surface area (Å²) < 4.78 is 3.42. The fourth-order valence-electron chi connectivity index (χ4n) is 1.48. The molecule has 0 bridgehead atoms. The van der Waals surface area contributed by atoms with Gasteiger partial charge in [-0.25, -0.2) is 4.79 Å². The molecule has 6 heteroatoms. The molecule has 1 N–H and O–H groups in total. The smallest absolute Gasteiger partial charge is 0.356 e. The van der Waals surface area contributed by atoms with Gasteiger partial charge in [-0.05, 0) is 26.0 Å². The minimum atomic E-state index is -1.02. The number of hydrogen-bond acceptors (Lipinski definition) is 3. The lowest BCUT2D eigenvalue weighted by Gasteiger charge is -2.03. The number of hydrogen-bond donors (Lipinski definition) is 1. The van der Waals surface area contributed by atoms with E-state index in [0.29, 0.717) is 12.6 Å². The Morgan fingerprint density at radius 3 is 2.65 bits per heavy atom. The van der Waals surface area contributed by atoms with E-state index in [1.54, 1.807) is 10.9 Å². The Hall–Kier alpha value is -2.11. The molecule has 2 heterocycles. The molecule has 0 spiro atoms. The van der Waals surface area contributed by atoms with Crippen molar-refractivity contribution in [2.75, 3.05) is 0 Å². The zero-order chi connectivity index (χ0) is 12.4. The van der Waals surface area contributed by atoms with Gasteiger partial charge in [-0.1, -0.05) is 0 Å². The van der Waals surface area contributed by atoms with Gasteiger partial charge in [0.05, 0.1) is 12.2 Å². The molecular weight excluding hydrogens is 220 g/mol. The minimum absolute atomic E-state index is 0.0493. The van der Waals surface area contributed by atoms with Crippen LogP contribution in [-0.2, 0) is 6.54 Å². The summed E-state index contributed by atoms with van der Waals surface area (Å²) in [7, 11) is 0. The molecule has 2 aromatic heterocycles. The molecule has 0 saturated carbocycles. The molecule has 2 rings (SSSR count). The van der Waals surface area contributed by atoms with Crippen LogP contribution in [0.4, 0.5) is 0 Å². The Morgan fingerprint density at radius 2 is 2.12 bits per heavy atom. The highest BCUT2D eigenvalue weighted by atomic mass is 16.4. The highest BCUT2D eigenvalue weighted by Crippen LogP contribution is 2.06. The third-order valence-corrected chi connectivity index (χ3v) is 2.38. The summed E-state index contributed by atoms with van der Waals surface area (Å²) in [4.78, 5) is 10.7. The zero-order valence-electron chi connectivity index (χ0n) is 9.74. The van der Waals surface area contributed by atoms with Crippen LogP contribution in [0, 0.1) is 0 Å². The van der Waals surface area contributed by atoms with Crippen LogP contribution >= 0.6 is 0 Å². The standard InChI is InChI=1S/C11H14N4O2/c1-8(2)15-6-3-9(12-15)7-14-5-4-10(13-14)11(16)17/h3-6,8H,7H2,1-2H3,(H,16,17). The molecule has 17 heavy (non-hydrogen) atoms. The number of aromatic nitrogens is 4. The van der Waals surface area contributed by atoms with Gasteiger partial charge in [0, 0.05) is 18.4 Å². The van der Waals surface area contributed by atoms with Crippen LogP contribution in [0.5, 0.6) is 0 Å². The molecule has 0 aliphatic heterocycles. The maximum atomic E-state index is 10.7. The van der Waals surface area contributed by atoms with Crippen molar-refractivity contribution in [3.63, 3.8) is 0 Å². The fourth-order valence-corrected chi connectivity index (χ4v) is 1.48. The third kappa shape index (κ3) is 2.52. The van der Waals surface area contributed by atoms with Gasteiger partial charge in [-0.2, -0.15) is 10.2 Å². The van der Waals surface area contributed by atoms with Gasteiger partial charge in [-0.15, -0.1) is 0 Å². The van der Waals surface area contributed by atoms with Gasteiger partial charge < -0.3 is 5.11 Å². The highest BCUT2D eigenvalue weighted by Gasteiger charge is 2.08. The van der Waals surface area contributed by atoms with Crippen LogP contribution in [0.1, 0.15) is 36.1 Å². The summed E-state index contributed by atoms with van der Waals surface area (Å²) >= 11 is 0. The second-order valence-electron chi connectivity index (χ2n) is 4.08. The number of carboxylic acid groups (broad SMARTS) is 1. The molecule has 0 unspecified atom stereocenters. The van der Waals surface area contributed by atoms with Crippen LogP contribution in [0.15, 0.2) is 24.5 Å². The Morgan fingerprint density at radius 1 is 1.35 bits per heavy atom. The van der Waals surface area contributed by atoms with Gasteiger partial charge in [0.2, 0.25) is 0 Å². The second kappa shape index (κ2) is 4.40. The first-order chi connectivity index (χ1) is 8.06. The van der Waals surface area contributed by atoms with E-state index in [4.69, 9.17) is 5.11 Å². The number of aromatic carboxylic acids is 1. The first kappa shape index (κ1) is 11.4. The quantitative estimate of drug-likeness (QED) is 0.868. The molecule has 6 nitrogen and oxygen atoms in total. The van der Waals surface area contributed by atoms with E-state index in [1.807, 2.05) is 30.8 Å². The largest absolute Gasteiger partial charge is 0.476 e. The van der Waals surface area contributed by atoms with Crippen molar-refractivity contribution in [3.8, 4) is 0 Å². The minimum Gasteiger partial charge on any atom is -0.476 e. The Bertz CT molecular complexity index is 527. The SMILES string of the molecule is CC(C)n1ccc(Cn2ccc(C(=O)O)n2)n1. The Balaban J connectivity index is 2.11. The molecule has 0 aromatic carbocycles. The molecule has 0 fully saturated rings. The van der Waals surface area contributed by atoms with Crippen molar-refractivity contribution in [2.24, 2.45) is 0 Å². The van der Waals surface area contributed by atoms with E-state index >= 15 is 0 Å². The Kier molecular flexibility index (Phi) is 2.95. The molecule has 0 atom stereocenters. The topological polar surface area (TPSA) is 72.9 Å². The molecule has 0 aliphatic carbocycles. The monoisotopic (exact) mass is 234 g/mol. The van der Waals surface area contributed by atoms with E-state index in [1.165, 1.54) is 6.07 Å². The van der Waals surface area contributed by atoms with Crippen LogP contribution < -0.4 is 0 Å². The van der Waals surface area contributed by atoms with Crippen molar-refractivity contribution in [2.45, 2.75) is 26.4 Å². The molecule has 0 aliphatic rings. The number of carboxylic acids is 1. The maximum Gasteiger partial charge on any atom is 0.356 e. The van der Waals surface area contributed by atoms with Gasteiger partial charge in [0.15, 0.2) is 5.69 Å². The molecule has 0 saturated heterocycles. The van der Waals surface area contributed by atoms with E-state index in [0.717, 1.165) is 5.69 Å². The Labute approximate surface area is 98.5 Å². The van der Waals surface area contributed by atoms with Crippen LogP contribution in [-0.4, -0.2) is 30.6 Å². The average molecular weight is 234 g/mol. The van der Waals surface area contributed by atoms with Crippen LogP contribution in [0.3, 0.4) is 0 Å². The molecular formula is C11H14N4O2. The number of nitrogens with zero attached hydrogens (tertiary/aromatic N) is 4. The van der Waals surface area contributed by atoms with Crippen LogP contribution in [0.25, 0.3) is 0 Å². The summed E-state index contributed by atoms with van der Waals surface area (Å²) in [6.07, 6.45) is 3.54. The zero-order valence-corrected chi connectivity index (χ0v) is 9.74. The van der Waals surface area contributed by atoms with Crippen molar-refractivity contribution in [1.29, 1.82) is 0 Å². The van der Waals surface area contributed by atoms with E-state index in [2.05, 4.69) is 10.2 Å². The summed E-state index contributed by atoms with van der Waals surface area (Å²) in [6, 6.07) is 3.69. The third-order valence-electron chi connectivity index (χ3n) is 2.38. The van der Waals surface area contributed by atoms with E-state index in [-0.39, 0.29) is 5.69 Å². The van der Waals surface area contributed by atoms with Gasteiger partial charge in [0.1, 0.15) is 0 Å². The van der Waals surface area contributed by atoms with Crippen molar-refractivity contribution in [1.82, 2.24) is 19.6 Å². The average Bonchev–Trinajstić information content (AvgIpc) is 2.87. The molecule has 90 valence electrons. The van der Waals surface area contributed by atoms with Gasteiger partial charge in [-0.3, -0.25) is 9.36 Å². The normalized spacial score (nSPS) is 11.0. The first-order valence-electron chi connectivity index (χ1n) is 5.37. The molecule has 0 radical (unpaired) electrons. The van der Waals surface area contributed by atoms with Crippen molar-refractivity contribution < 1.29 is 9.90 Å². The summed E-state index contributed by atoms with van der Waals surface area (Å²) in [5.41, 5.74) is 0.909. The van der Waals surface area contributed by atoms with Gasteiger partial charge in [0.25, 0.3) is 0 Å². The lowest BCUT2D eigenvalue weighted by molar-refractivity contribution is 0.0689. The number of rotatable bonds is 4. The predicted molar refractivity (Wildman–Crippen MR) is 60.9 cm³/mol. The predicted octanol–water partition coefficient (Wildman–Crippen LogP) is 1.41. The highest BCUT2D eigenvalue weighted by molar-refractivity contribution is 5.85. The lowest BCUT2D eigenvalue weighted by Crippen LogP contribution is -2.06. The van der Waals surface area contributed by atoms with Crippen molar-refractivity contribution >= 4 is 5.97 Å². The van der Waals surface area contributed by atoms with Gasteiger partial charge >= 0.3 is 5.97 Å². The van der Waals surface area contributed by atoms with Crippen molar-refractivity contribution in [3.05, 3.63) is 35.9 Å². The van der Waals surface area contributed by atoms with Crippen LogP contribution in [0.2, 0.25) is 0 Å². The van der Waals surface area contributed by atoms with E-state index in [9.17, 15) is 4.79 Å². The molecule has 2 aromatic rings. The lowest BCUT2D eigenvalue weighted by atomic mass is 10.4. The second-order valence-corrected chi connectivity index (χ2v) is 4.08. The first-order valence-corrected chi connectivity index (χ1v) is 5.37. The maximum absolute atomic E-state index is 10.7.